The van der Waals surface area contributed by atoms with Crippen LogP contribution in [0.4, 0.5) is 4.39 Å². The molecule has 2 aliphatic heterocycles. The fourth-order valence-corrected chi connectivity index (χ4v) is 3.02. The molecular formula is C16H21FN2O3. The second-order valence-electron chi connectivity index (χ2n) is 6.04. The lowest BCUT2D eigenvalue weighted by Crippen LogP contribution is -2.46. The number of carbonyl (C=O) groups excluding carboxylic acids is 1. The van der Waals surface area contributed by atoms with Crippen molar-refractivity contribution in [3.05, 3.63) is 30.1 Å². The molecule has 5 nitrogen and oxygen atoms in total. The van der Waals surface area contributed by atoms with Crippen molar-refractivity contribution >= 4 is 5.91 Å². The third-order valence-electron chi connectivity index (χ3n) is 4.27. The number of amides is 1. The van der Waals surface area contributed by atoms with E-state index in [2.05, 4.69) is 11.9 Å². The molecule has 2 fully saturated rings. The Bertz CT molecular complexity index is 523. The van der Waals surface area contributed by atoms with E-state index < -0.39 is 0 Å². The second kappa shape index (κ2) is 6.62. The number of benzene rings is 1. The van der Waals surface area contributed by atoms with Gasteiger partial charge in [0.05, 0.1) is 19.3 Å². The van der Waals surface area contributed by atoms with E-state index in [-0.39, 0.29) is 24.4 Å². The lowest BCUT2D eigenvalue weighted by molar-refractivity contribution is -0.135. The molecule has 2 bridgehead atoms. The lowest BCUT2D eigenvalue weighted by Gasteiger charge is -2.29. The van der Waals surface area contributed by atoms with Crippen LogP contribution in [-0.2, 0) is 9.53 Å². The predicted octanol–water partition coefficient (Wildman–Crippen LogP) is 0.993. The molecule has 0 saturated carbocycles. The van der Waals surface area contributed by atoms with Gasteiger partial charge in [0.25, 0.3) is 5.91 Å². The molecule has 1 amide bonds. The van der Waals surface area contributed by atoms with Crippen molar-refractivity contribution in [3.63, 3.8) is 0 Å². The van der Waals surface area contributed by atoms with Crippen LogP contribution in [0.3, 0.4) is 0 Å². The molecule has 0 unspecified atom stereocenters. The Morgan fingerprint density at radius 2 is 2.05 bits per heavy atom. The Morgan fingerprint density at radius 1 is 1.27 bits per heavy atom. The van der Waals surface area contributed by atoms with E-state index in [1.165, 1.54) is 24.3 Å². The summed E-state index contributed by atoms with van der Waals surface area (Å²) in [4.78, 5) is 16.5. The number of fused-ring (bicyclic) bond motifs is 3. The van der Waals surface area contributed by atoms with Gasteiger partial charge >= 0.3 is 0 Å². The van der Waals surface area contributed by atoms with Crippen LogP contribution < -0.4 is 4.74 Å². The Hall–Kier alpha value is -1.66. The van der Waals surface area contributed by atoms with Crippen molar-refractivity contribution in [2.45, 2.75) is 6.04 Å². The average molecular weight is 308 g/mol. The molecule has 2 saturated heterocycles. The molecule has 0 N–H and O–H groups in total. The molecule has 1 aromatic rings. The maximum atomic E-state index is 12.8. The molecule has 3 rings (SSSR count). The average Bonchev–Trinajstić information content (AvgIpc) is 2.75. The van der Waals surface area contributed by atoms with Crippen LogP contribution in [0.2, 0.25) is 0 Å². The van der Waals surface area contributed by atoms with Gasteiger partial charge < -0.3 is 14.4 Å². The van der Waals surface area contributed by atoms with E-state index in [1.807, 2.05) is 4.90 Å². The summed E-state index contributed by atoms with van der Waals surface area (Å²) in [5.41, 5.74) is 0. The van der Waals surface area contributed by atoms with Gasteiger partial charge in [0.2, 0.25) is 0 Å². The summed E-state index contributed by atoms with van der Waals surface area (Å²) < 4.78 is 24.0. The molecule has 22 heavy (non-hydrogen) atoms. The zero-order valence-electron chi connectivity index (χ0n) is 12.7. The topological polar surface area (TPSA) is 42.0 Å². The van der Waals surface area contributed by atoms with Crippen LogP contribution >= 0.6 is 0 Å². The first-order valence-corrected chi connectivity index (χ1v) is 7.56. The van der Waals surface area contributed by atoms with Gasteiger partial charge in [-0.2, -0.15) is 0 Å². The molecule has 0 aliphatic carbocycles. The number of carbonyl (C=O) groups is 1. The van der Waals surface area contributed by atoms with Gasteiger partial charge in [0, 0.05) is 25.6 Å². The van der Waals surface area contributed by atoms with Gasteiger partial charge in [-0.3, -0.25) is 9.69 Å². The van der Waals surface area contributed by atoms with Crippen LogP contribution in [0.15, 0.2) is 24.3 Å². The van der Waals surface area contributed by atoms with Crippen LogP contribution in [0.5, 0.6) is 5.75 Å². The van der Waals surface area contributed by atoms with Gasteiger partial charge in [-0.15, -0.1) is 0 Å². The second-order valence-corrected chi connectivity index (χ2v) is 6.04. The highest BCUT2D eigenvalue weighted by atomic mass is 19.1. The Balaban J connectivity index is 1.58. The number of hydrogen-bond acceptors (Lipinski definition) is 4. The minimum atomic E-state index is -0.318. The SMILES string of the molecule is CN1C[C@H]2COC[C@@H]1CN(C(=O)COc1ccc(F)cc1)C2. The monoisotopic (exact) mass is 308 g/mol. The lowest BCUT2D eigenvalue weighted by atomic mass is 10.1. The maximum absolute atomic E-state index is 12.8. The highest BCUT2D eigenvalue weighted by Crippen LogP contribution is 2.18. The van der Waals surface area contributed by atoms with Gasteiger partial charge in [0.15, 0.2) is 6.61 Å². The molecule has 120 valence electrons. The quantitative estimate of drug-likeness (QED) is 0.835. The van der Waals surface area contributed by atoms with E-state index in [0.717, 1.165) is 6.54 Å². The number of halogens is 1. The largest absolute Gasteiger partial charge is 0.484 e. The number of likely N-dealkylation sites (N-methyl/N-ethyl adjacent to an activating group) is 1. The zero-order valence-corrected chi connectivity index (χ0v) is 12.7. The summed E-state index contributed by atoms with van der Waals surface area (Å²) in [6.07, 6.45) is 0. The van der Waals surface area contributed by atoms with Crippen LogP contribution in [0, 0.1) is 11.7 Å². The first-order chi connectivity index (χ1) is 10.6. The number of ether oxygens (including phenoxy) is 2. The minimum Gasteiger partial charge on any atom is -0.484 e. The van der Waals surface area contributed by atoms with E-state index >= 15 is 0 Å². The number of hydrogen-bond donors (Lipinski definition) is 0. The molecule has 0 aromatic heterocycles. The van der Waals surface area contributed by atoms with Crippen LogP contribution in [-0.4, -0.2) is 68.3 Å². The fourth-order valence-electron chi connectivity index (χ4n) is 3.02. The van der Waals surface area contributed by atoms with Crippen molar-refractivity contribution in [2.24, 2.45) is 5.92 Å². The van der Waals surface area contributed by atoms with Gasteiger partial charge in [-0.25, -0.2) is 4.39 Å². The molecule has 0 spiro atoms. The minimum absolute atomic E-state index is 0.0182. The van der Waals surface area contributed by atoms with Crippen molar-refractivity contribution < 1.29 is 18.7 Å². The number of rotatable bonds is 3. The van der Waals surface area contributed by atoms with Gasteiger partial charge in [-0.05, 0) is 31.3 Å². The van der Waals surface area contributed by atoms with Crippen molar-refractivity contribution in [1.29, 1.82) is 0 Å². The van der Waals surface area contributed by atoms with Gasteiger partial charge in [0.1, 0.15) is 11.6 Å². The highest BCUT2D eigenvalue weighted by molar-refractivity contribution is 5.78. The van der Waals surface area contributed by atoms with E-state index in [0.29, 0.717) is 38.0 Å². The smallest absolute Gasteiger partial charge is 0.260 e. The van der Waals surface area contributed by atoms with E-state index in [4.69, 9.17) is 9.47 Å². The van der Waals surface area contributed by atoms with E-state index in [9.17, 15) is 9.18 Å². The summed E-state index contributed by atoms with van der Waals surface area (Å²) in [5.74, 6) is 0.496. The van der Waals surface area contributed by atoms with Gasteiger partial charge in [-0.1, -0.05) is 0 Å². The maximum Gasteiger partial charge on any atom is 0.260 e. The highest BCUT2D eigenvalue weighted by Gasteiger charge is 2.33. The standard InChI is InChI=1S/C16H21FN2O3/c1-18-6-12-7-19(8-14(18)10-21-9-12)16(20)11-22-15-4-2-13(17)3-5-15/h2-5,12,14H,6-11H2,1H3/t12-,14+/m1/s1. The Morgan fingerprint density at radius 3 is 2.82 bits per heavy atom. The van der Waals surface area contributed by atoms with Crippen LogP contribution in [0.1, 0.15) is 0 Å². The molecule has 6 heteroatoms. The third kappa shape index (κ3) is 3.56. The summed E-state index contributed by atoms with van der Waals surface area (Å²) in [6, 6.07) is 5.94. The third-order valence-corrected chi connectivity index (χ3v) is 4.27. The Kier molecular flexibility index (Phi) is 4.59. The van der Waals surface area contributed by atoms with Crippen molar-refractivity contribution in [1.82, 2.24) is 9.80 Å². The first kappa shape index (κ1) is 15.2. The molecular weight excluding hydrogens is 287 g/mol. The van der Waals surface area contributed by atoms with Crippen LogP contribution in [0.25, 0.3) is 0 Å². The van der Waals surface area contributed by atoms with Crippen molar-refractivity contribution in [2.75, 3.05) is 46.5 Å². The summed E-state index contributed by atoms with van der Waals surface area (Å²) in [5, 5.41) is 0. The molecule has 0 radical (unpaired) electrons. The zero-order chi connectivity index (χ0) is 15.5. The molecule has 1 aromatic carbocycles. The molecule has 2 atom stereocenters. The normalized spacial score (nSPS) is 25.6. The molecule has 2 heterocycles. The molecule has 2 aliphatic rings. The van der Waals surface area contributed by atoms with E-state index in [1.54, 1.807) is 0 Å². The number of nitrogens with zero attached hydrogens (tertiary/aromatic N) is 2. The summed E-state index contributed by atoms with van der Waals surface area (Å²) >= 11 is 0. The summed E-state index contributed by atoms with van der Waals surface area (Å²) in [6.45, 7) is 3.66. The summed E-state index contributed by atoms with van der Waals surface area (Å²) in [7, 11) is 2.08. The fraction of sp³-hybridized carbons (Fsp3) is 0.562. The Labute approximate surface area is 129 Å². The predicted molar refractivity (Wildman–Crippen MR) is 79.2 cm³/mol. The first-order valence-electron chi connectivity index (χ1n) is 7.56. The van der Waals surface area contributed by atoms with Crippen molar-refractivity contribution in [3.8, 4) is 5.75 Å².